The van der Waals surface area contributed by atoms with E-state index < -0.39 is 23.8 Å². The highest BCUT2D eigenvalue weighted by molar-refractivity contribution is 5.96. The number of amides is 2. The van der Waals surface area contributed by atoms with Gasteiger partial charge in [-0.1, -0.05) is 42.5 Å². The molecule has 27 heavy (non-hydrogen) atoms. The molecule has 2 aromatic carbocycles. The number of carbonyl (C=O) groups is 3. The summed E-state index contributed by atoms with van der Waals surface area (Å²) in [7, 11) is 3.28. The number of hydrogen-bond donors (Lipinski definition) is 3. The lowest BCUT2D eigenvalue weighted by Crippen LogP contribution is -2.40. The van der Waals surface area contributed by atoms with Gasteiger partial charge in [-0.15, -0.1) is 0 Å². The van der Waals surface area contributed by atoms with E-state index in [1.54, 1.807) is 14.1 Å². The molecule has 1 atom stereocenters. The average molecular weight is 371 g/mol. The second-order valence-electron chi connectivity index (χ2n) is 6.57. The molecule has 7 nitrogen and oxygen atoms in total. The highest BCUT2D eigenvalue weighted by Gasteiger charge is 2.21. The fraction of sp³-hybridized carbons (Fsp3) is 0.350. The number of hydrogen-bond acceptors (Lipinski definition) is 5. The molecule has 0 spiro atoms. The second-order valence-corrected chi connectivity index (χ2v) is 6.57. The Bertz CT molecular complexity index is 814. The summed E-state index contributed by atoms with van der Waals surface area (Å²) in [4.78, 5) is 36.4. The monoisotopic (exact) mass is 371 g/mol. The molecular weight excluding hydrogens is 346 g/mol. The molecule has 2 amide bonds. The number of nitrogens with one attached hydrogen (secondary N) is 2. The van der Waals surface area contributed by atoms with Gasteiger partial charge in [0.2, 0.25) is 11.8 Å². The molecule has 0 aliphatic heterocycles. The standard InChI is InChI=1S/C20H25N3O4/c1-23(2)17(20(26)27)10-11-18(24)22-19(25)13-21-12-15-8-5-7-14-6-3-4-9-16(14)15/h3-9,17,21H,10-13H2,1-2H3,(H,26,27)(H,22,24,25)/t17-/m0/s1. The van der Waals surface area contributed by atoms with E-state index in [4.69, 9.17) is 5.11 Å². The topological polar surface area (TPSA) is 98.7 Å². The number of nitrogens with zero attached hydrogens (tertiary/aromatic N) is 1. The van der Waals surface area contributed by atoms with Crippen LogP contribution in [0.2, 0.25) is 0 Å². The number of rotatable bonds is 9. The molecule has 0 aliphatic carbocycles. The molecule has 3 N–H and O–H groups in total. The molecular formula is C20H25N3O4. The van der Waals surface area contributed by atoms with Crippen molar-refractivity contribution < 1.29 is 19.5 Å². The summed E-state index contributed by atoms with van der Waals surface area (Å²) in [5.74, 6) is -1.90. The lowest BCUT2D eigenvalue weighted by Gasteiger charge is -2.19. The van der Waals surface area contributed by atoms with Gasteiger partial charge in [-0.05, 0) is 36.9 Å². The number of likely N-dealkylation sites (N-methyl/N-ethyl adjacent to an activating group) is 1. The van der Waals surface area contributed by atoms with Crippen LogP contribution in [-0.2, 0) is 20.9 Å². The van der Waals surface area contributed by atoms with Gasteiger partial charge in [0, 0.05) is 13.0 Å². The number of carboxylic acids is 1. The third-order valence-electron chi connectivity index (χ3n) is 4.31. The fourth-order valence-corrected chi connectivity index (χ4v) is 2.89. The van der Waals surface area contributed by atoms with Gasteiger partial charge in [0.15, 0.2) is 0 Å². The minimum Gasteiger partial charge on any atom is -0.480 e. The molecule has 7 heteroatoms. The summed E-state index contributed by atoms with van der Waals surface area (Å²) in [6, 6.07) is 13.2. The van der Waals surface area contributed by atoms with Crippen molar-refractivity contribution in [3.05, 3.63) is 48.0 Å². The number of carbonyl (C=O) groups excluding carboxylic acids is 2. The quantitative estimate of drug-likeness (QED) is 0.616. The Balaban J connectivity index is 1.77. The van der Waals surface area contributed by atoms with Gasteiger partial charge >= 0.3 is 5.97 Å². The number of imide groups is 1. The van der Waals surface area contributed by atoms with E-state index in [2.05, 4.69) is 10.6 Å². The summed E-state index contributed by atoms with van der Waals surface area (Å²) < 4.78 is 0. The zero-order valence-electron chi connectivity index (χ0n) is 15.6. The maximum absolute atomic E-state index is 11.9. The largest absolute Gasteiger partial charge is 0.480 e. The predicted molar refractivity (Wildman–Crippen MR) is 103 cm³/mol. The van der Waals surface area contributed by atoms with Gasteiger partial charge in [0.25, 0.3) is 0 Å². The molecule has 144 valence electrons. The van der Waals surface area contributed by atoms with E-state index in [1.165, 1.54) is 4.90 Å². The lowest BCUT2D eigenvalue weighted by molar-refractivity contribution is -0.142. The molecule has 0 aliphatic rings. The van der Waals surface area contributed by atoms with E-state index in [-0.39, 0.29) is 19.4 Å². The maximum atomic E-state index is 11.9. The first-order chi connectivity index (χ1) is 12.9. The molecule has 0 saturated heterocycles. The highest BCUT2D eigenvalue weighted by Crippen LogP contribution is 2.18. The Morgan fingerprint density at radius 1 is 1.04 bits per heavy atom. The number of carboxylic acid groups (broad SMARTS) is 1. The van der Waals surface area contributed by atoms with Crippen LogP contribution in [0.25, 0.3) is 10.8 Å². The van der Waals surface area contributed by atoms with Crippen LogP contribution < -0.4 is 10.6 Å². The van der Waals surface area contributed by atoms with Crippen LogP contribution >= 0.6 is 0 Å². The van der Waals surface area contributed by atoms with Crippen LogP contribution in [0.4, 0.5) is 0 Å². The van der Waals surface area contributed by atoms with Gasteiger partial charge < -0.3 is 10.4 Å². The van der Waals surface area contributed by atoms with E-state index in [9.17, 15) is 14.4 Å². The molecule has 2 aromatic rings. The van der Waals surface area contributed by atoms with Crippen LogP contribution in [0.1, 0.15) is 18.4 Å². The lowest BCUT2D eigenvalue weighted by atomic mass is 10.0. The highest BCUT2D eigenvalue weighted by atomic mass is 16.4. The SMILES string of the molecule is CN(C)[C@@H](CCC(=O)NC(=O)CNCc1cccc2ccccc12)C(=O)O. The van der Waals surface area contributed by atoms with Gasteiger partial charge in [-0.3, -0.25) is 24.6 Å². The van der Waals surface area contributed by atoms with Gasteiger partial charge in [-0.2, -0.15) is 0 Å². The Kier molecular flexibility index (Phi) is 7.45. The van der Waals surface area contributed by atoms with Crippen molar-refractivity contribution in [2.75, 3.05) is 20.6 Å². The van der Waals surface area contributed by atoms with Crippen LogP contribution in [0.5, 0.6) is 0 Å². The van der Waals surface area contributed by atoms with E-state index in [0.29, 0.717) is 6.54 Å². The zero-order valence-corrected chi connectivity index (χ0v) is 15.6. The Labute approximate surface area is 158 Å². The van der Waals surface area contributed by atoms with Crippen molar-refractivity contribution in [3.8, 4) is 0 Å². The first-order valence-corrected chi connectivity index (χ1v) is 8.77. The van der Waals surface area contributed by atoms with Gasteiger partial charge in [-0.25, -0.2) is 0 Å². The molecule has 2 rings (SSSR count). The fourth-order valence-electron chi connectivity index (χ4n) is 2.89. The maximum Gasteiger partial charge on any atom is 0.320 e. The molecule has 0 aromatic heterocycles. The second kappa shape index (κ2) is 9.80. The first kappa shape index (κ1) is 20.5. The molecule has 0 radical (unpaired) electrons. The summed E-state index contributed by atoms with van der Waals surface area (Å²) in [5, 5.41) is 16.7. The van der Waals surface area contributed by atoms with Gasteiger partial charge in [0.05, 0.1) is 6.54 Å². The van der Waals surface area contributed by atoms with E-state index >= 15 is 0 Å². The summed E-state index contributed by atoms with van der Waals surface area (Å²) in [6.07, 6.45) is 0.120. The van der Waals surface area contributed by atoms with Crippen molar-refractivity contribution >= 4 is 28.6 Å². The normalized spacial score (nSPS) is 12.1. The third-order valence-corrected chi connectivity index (χ3v) is 4.31. The smallest absolute Gasteiger partial charge is 0.320 e. The van der Waals surface area contributed by atoms with Crippen LogP contribution in [0.3, 0.4) is 0 Å². The van der Waals surface area contributed by atoms with Crippen molar-refractivity contribution in [1.29, 1.82) is 0 Å². The van der Waals surface area contributed by atoms with Crippen molar-refractivity contribution in [2.24, 2.45) is 0 Å². The number of benzene rings is 2. The Morgan fingerprint density at radius 2 is 1.74 bits per heavy atom. The summed E-state index contributed by atoms with van der Waals surface area (Å²) in [6.45, 7) is 0.510. The third kappa shape index (κ3) is 6.16. The van der Waals surface area contributed by atoms with Crippen molar-refractivity contribution in [2.45, 2.75) is 25.4 Å². The van der Waals surface area contributed by atoms with E-state index in [1.807, 2.05) is 42.5 Å². The Hall–Kier alpha value is -2.77. The minimum atomic E-state index is -0.990. The number of aliphatic carboxylic acids is 1. The first-order valence-electron chi connectivity index (χ1n) is 8.77. The molecule has 0 bridgehead atoms. The summed E-state index contributed by atoms with van der Waals surface area (Å²) >= 11 is 0. The molecule has 0 unspecified atom stereocenters. The number of fused-ring (bicyclic) bond motifs is 1. The molecule has 0 heterocycles. The van der Waals surface area contributed by atoms with Crippen molar-refractivity contribution in [1.82, 2.24) is 15.5 Å². The minimum absolute atomic E-state index is 0.00496. The Morgan fingerprint density at radius 3 is 2.44 bits per heavy atom. The van der Waals surface area contributed by atoms with Crippen LogP contribution in [0, 0.1) is 0 Å². The molecule has 0 fully saturated rings. The summed E-state index contributed by atoms with van der Waals surface area (Å²) in [5.41, 5.74) is 1.07. The zero-order chi connectivity index (χ0) is 19.8. The van der Waals surface area contributed by atoms with Crippen molar-refractivity contribution in [3.63, 3.8) is 0 Å². The van der Waals surface area contributed by atoms with Gasteiger partial charge in [0.1, 0.15) is 6.04 Å². The molecule has 0 saturated carbocycles. The van der Waals surface area contributed by atoms with Crippen LogP contribution in [-0.4, -0.2) is 54.5 Å². The average Bonchev–Trinajstić information content (AvgIpc) is 2.61. The van der Waals surface area contributed by atoms with E-state index in [0.717, 1.165) is 16.3 Å². The predicted octanol–water partition coefficient (Wildman–Crippen LogP) is 1.37. The van der Waals surface area contributed by atoms with Crippen LogP contribution in [0.15, 0.2) is 42.5 Å².